The Morgan fingerprint density at radius 3 is 2.76 bits per heavy atom. The Morgan fingerprint density at radius 1 is 1.33 bits per heavy atom. The van der Waals surface area contributed by atoms with Gasteiger partial charge in [0.2, 0.25) is 5.91 Å². The Bertz CT molecular complexity index is 489. The zero-order valence-electron chi connectivity index (χ0n) is 12.9. The molecule has 1 atom stereocenters. The summed E-state index contributed by atoms with van der Waals surface area (Å²) in [5.74, 6) is 1.58. The van der Waals surface area contributed by atoms with Crippen LogP contribution < -0.4 is 9.47 Å². The fraction of sp³-hybridized carbons (Fsp3) is 0.562. The highest BCUT2D eigenvalue weighted by atomic mass is 16.5. The summed E-state index contributed by atoms with van der Waals surface area (Å²) in [5, 5.41) is 0. The third kappa shape index (κ3) is 4.11. The number of ether oxygens (including phenoxy) is 3. The Kier molecular flexibility index (Phi) is 5.44. The van der Waals surface area contributed by atoms with Crippen LogP contribution in [0, 0.1) is 0 Å². The molecule has 1 saturated heterocycles. The first-order chi connectivity index (χ1) is 10.1. The van der Waals surface area contributed by atoms with E-state index in [4.69, 9.17) is 14.2 Å². The Balaban J connectivity index is 1.91. The number of aryl methyl sites for hydroxylation is 1. The van der Waals surface area contributed by atoms with Crippen molar-refractivity contribution in [1.29, 1.82) is 0 Å². The summed E-state index contributed by atoms with van der Waals surface area (Å²) in [6, 6.07) is 5.76. The molecule has 0 aliphatic carbocycles. The number of rotatable bonds is 5. The van der Waals surface area contributed by atoms with Crippen LogP contribution in [0.15, 0.2) is 18.2 Å². The van der Waals surface area contributed by atoms with Gasteiger partial charge in [-0.05, 0) is 31.0 Å². The van der Waals surface area contributed by atoms with E-state index in [1.165, 1.54) is 0 Å². The lowest BCUT2D eigenvalue weighted by Gasteiger charge is -2.31. The second-order valence-electron chi connectivity index (χ2n) is 5.21. The fourth-order valence-electron chi connectivity index (χ4n) is 2.49. The molecule has 1 aromatic rings. The number of amides is 1. The van der Waals surface area contributed by atoms with E-state index in [0.29, 0.717) is 44.0 Å². The maximum atomic E-state index is 12.2. The molecular weight excluding hydrogens is 270 g/mol. The molecule has 0 radical (unpaired) electrons. The maximum absolute atomic E-state index is 12.2. The van der Waals surface area contributed by atoms with Crippen LogP contribution in [0.3, 0.4) is 0 Å². The van der Waals surface area contributed by atoms with Gasteiger partial charge in [-0.1, -0.05) is 6.07 Å². The number of carbonyl (C=O) groups is 1. The van der Waals surface area contributed by atoms with E-state index in [1.807, 2.05) is 30.0 Å². The highest BCUT2D eigenvalue weighted by molar-refractivity contribution is 5.76. The number of nitrogens with zero attached hydrogens (tertiary/aromatic N) is 1. The van der Waals surface area contributed by atoms with Gasteiger partial charge < -0.3 is 19.1 Å². The van der Waals surface area contributed by atoms with Crippen molar-refractivity contribution in [1.82, 2.24) is 4.90 Å². The lowest BCUT2D eigenvalue weighted by molar-refractivity contribution is -0.138. The van der Waals surface area contributed by atoms with Gasteiger partial charge in [0.1, 0.15) is 0 Å². The van der Waals surface area contributed by atoms with E-state index < -0.39 is 0 Å². The molecule has 0 saturated carbocycles. The summed E-state index contributed by atoms with van der Waals surface area (Å²) in [4.78, 5) is 14.1. The first kappa shape index (κ1) is 15.6. The molecule has 0 spiro atoms. The molecule has 0 aromatic heterocycles. The van der Waals surface area contributed by atoms with Gasteiger partial charge in [0.15, 0.2) is 11.5 Å². The zero-order chi connectivity index (χ0) is 15.2. The van der Waals surface area contributed by atoms with Gasteiger partial charge in [-0.15, -0.1) is 0 Å². The van der Waals surface area contributed by atoms with Gasteiger partial charge in [-0.3, -0.25) is 4.79 Å². The summed E-state index contributed by atoms with van der Waals surface area (Å²) in [7, 11) is 3.22. The SMILES string of the molecule is COc1ccc(CCC(=O)N2CCOC(C)C2)cc1OC. The first-order valence-electron chi connectivity index (χ1n) is 7.24. The van der Waals surface area contributed by atoms with Crippen LogP contribution in [0.5, 0.6) is 11.5 Å². The summed E-state index contributed by atoms with van der Waals surface area (Å²) in [6.07, 6.45) is 1.33. The molecule has 0 N–H and O–H groups in total. The minimum Gasteiger partial charge on any atom is -0.493 e. The molecule has 1 unspecified atom stereocenters. The number of hydrogen-bond acceptors (Lipinski definition) is 4. The minimum absolute atomic E-state index is 0.129. The smallest absolute Gasteiger partial charge is 0.223 e. The highest BCUT2D eigenvalue weighted by Gasteiger charge is 2.21. The zero-order valence-corrected chi connectivity index (χ0v) is 12.9. The second-order valence-corrected chi connectivity index (χ2v) is 5.21. The molecule has 5 heteroatoms. The van der Waals surface area contributed by atoms with E-state index >= 15 is 0 Å². The van der Waals surface area contributed by atoms with Crippen molar-refractivity contribution in [2.45, 2.75) is 25.9 Å². The summed E-state index contributed by atoms with van der Waals surface area (Å²) < 4.78 is 15.9. The van der Waals surface area contributed by atoms with Gasteiger partial charge in [0, 0.05) is 19.5 Å². The lowest BCUT2D eigenvalue weighted by Crippen LogP contribution is -2.44. The number of carbonyl (C=O) groups excluding carboxylic acids is 1. The molecule has 1 aromatic carbocycles. The quantitative estimate of drug-likeness (QED) is 0.832. The van der Waals surface area contributed by atoms with Gasteiger partial charge in [-0.2, -0.15) is 0 Å². The van der Waals surface area contributed by atoms with Crippen molar-refractivity contribution in [3.8, 4) is 11.5 Å². The van der Waals surface area contributed by atoms with E-state index in [0.717, 1.165) is 5.56 Å². The van der Waals surface area contributed by atoms with Crippen LogP contribution in [0.4, 0.5) is 0 Å². The average Bonchev–Trinajstić information content (AvgIpc) is 2.52. The number of benzene rings is 1. The van der Waals surface area contributed by atoms with Crippen molar-refractivity contribution >= 4 is 5.91 Å². The third-order valence-electron chi connectivity index (χ3n) is 3.67. The number of hydrogen-bond donors (Lipinski definition) is 0. The van der Waals surface area contributed by atoms with Gasteiger partial charge in [-0.25, -0.2) is 0 Å². The molecule has 1 aliphatic heterocycles. The highest BCUT2D eigenvalue weighted by Crippen LogP contribution is 2.28. The van der Waals surface area contributed by atoms with Crippen LogP contribution in [-0.2, 0) is 16.0 Å². The molecule has 2 rings (SSSR count). The lowest BCUT2D eigenvalue weighted by atomic mass is 10.1. The monoisotopic (exact) mass is 293 g/mol. The fourth-order valence-corrected chi connectivity index (χ4v) is 2.49. The van der Waals surface area contributed by atoms with Crippen molar-refractivity contribution in [3.63, 3.8) is 0 Å². The topological polar surface area (TPSA) is 48.0 Å². The molecular formula is C16H23NO4. The van der Waals surface area contributed by atoms with E-state index in [9.17, 15) is 4.79 Å². The molecule has 21 heavy (non-hydrogen) atoms. The van der Waals surface area contributed by atoms with Gasteiger partial charge in [0.05, 0.1) is 26.9 Å². The largest absolute Gasteiger partial charge is 0.493 e. The molecule has 116 valence electrons. The van der Waals surface area contributed by atoms with E-state index in [1.54, 1.807) is 14.2 Å². The Morgan fingerprint density at radius 2 is 2.10 bits per heavy atom. The summed E-state index contributed by atoms with van der Waals surface area (Å²) in [5.41, 5.74) is 1.07. The van der Waals surface area contributed by atoms with Crippen molar-refractivity contribution in [2.24, 2.45) is 0 Å². The van der Waals surface area contributed by atoms with Crippen molar-refractivity contribution < 1.29 is 19.0 Å². The molecule has 5 nitrogen and oxygen atoms in total. The molecule has 1 aliphatic rings. The Labute approximate surface area is 125 Å². The second kappa shape index (κ2) is 7.31. The Hall–Kier alpha value is -1.75. The van der Waals surface area contributed by atoms with Gasteiger partial charge >= 0.3 is 0 Å². The minimum atomic E-state index is 0.129. The number of methoxy groups -OCH3 is 2. The van der Waals surface area contributed by atoms with Crippen LogP contribution in [0.1, 0.15) is 18.9 Å². The standard InChI is InChI=1S/C16H23NO4/c1-12-11-17(8-9-21-12)16(18)7-5-13-4-6-14(19-2)15(10-13)20-3/h4,6,10,12H,5,7-9,11H2,1-3H3. The third-order valence-corrected chi connectivity index (χ3v) is 3.67. The molecule has 1 heterocycles. The molecule has 0 bridgehead atoms. The van der Waals surface area contributed by atoms with Crippen LogP contribution in [0.25, 0.3) is 0 Å². The predicted molar refractivity (Wildman–Crippen MR) is 79.9 cm³/mol. The first-order valence-corrected chi connectivity index (χ1v) is 7.24. The summed E-state index contributed by atoms with van der Waals surface area (Å²) in [6.45, 7) is 4.00. The molecule has 1 amide bonds. The predicted octanol–water partition coefficient (Wildman–Crippen LogP) is 1.88. The normalized spacial score (nSPS) is 18.4. The van der Waals surface area contributed by atoms with Gasteiger partial charge in [0.25, 0.3) is 0 Å². The number of morpholine rings is 1. The van der Waals surface area contributed by atoms with Crippen LogP contribution >= 0.6 is 0 Å². The summed E-state index contributed by atoms with van der Waals surface area (Å²) >= 11 is 0. The van der Waals surface area contributed by atoms with E-state index in [-0.39, 0.29) is 12.0 Å². The van der Waals surface area contributed by atoms with E-state index in [2.05, 4.69) is 0 Å². The average molecular weight is 293 g/mol. The maximum Gasteiger partial charge on any atom is 0.223 e. The van der Waals surface area contributed by atoms with Crippen molar-refractivity contribution in [3.05, 3.63) is 23.8 Å². The molecule has 1 fully saturated rings. The van der Waals surface area contributed by atoms with Crippen LogP contribution in [0.2, 0.25) is 0 Å². The van der Waals surface area contributed by atoms with Crippen molar-refractivity contribution in [2.75, 3.05) is 33.9 Å². The van der Waals surface area contributed by atoms with Crippen LogP contribution in [-0.4, -0.2) is 50.8 Å².